The number of hydrogen-bond acceptors (Lipinski definition) is 4. The molecule has 3 rings (SSSR count). The van der Waals surface area contributed by atoms with Crippen molar-refractivity contribution in [3.05, 3.63) is 36.3 Å². The van der Waals surface area contributed by atoms with E-state index in [4.69, 9.17) is 9.84 Å². The number of fused-ring (bicyclic) bond motifs is 1. The van der Waals surface area contributed by atoms with E-state index in [9.17, 15) is 9.59 Å². The van der Waals surface area contributed by atoms with Crippen LogP contribution in [0.2, 0.25) is 0 Å². The van der Waals surface area contributed by atoms with Gasteiger partial charge in [-0.2, -0.15) is 0 Å². The van der Waals surface area contributed by atoms with Crippen LogP contribution in [0.1, 0.15) is 10.5 Å². The van der Waals surface area contributed by atoms with E-state index in [1.54, 1.807) is 22.9 Å². The van der Waals surface area contributed by atoms with Gasteiger partial charge in [0, 0.05) is 18.9 Å². The summed E-state index contributed by atoms with van der Waals surface area (Å²) in [7, 11) is 0. The topological polar surface area (TPSA) is 84.1 Å². The van der Waals surface area contributed by atoms with Gasteiger partial charge in [0.2, 0.25) is 0 Å². The Balaban J connectivity index is 1.82. The number of carboxylic acid groups (broad SMARTS) is 1. The fourth-order valence-corrected chi connectivity index (χ4v) is 2.18. The van der Waals surface area contributed by atoms with Crippen molar-refractivity contribution in [1.29, 1.82) is 0 Å². The van der Waals surface area contributed by atoms with E-state index in [0.717, 1.165) is 0 Å². The van der Waals surface area contributed by atoms with Gasteiger partial charge in [-0.25, -0.2) is 9.78 Å². The number of carbonyl (C=O) groups excluding carboxylic acids is 1. The predicted octanol–water partition coefficient (Wildman–Crippen LogP) is 0.260. The third-order valence-corrected chi connectivity index (χ3v) is 3.21. The molecule has 0 saturated carbocycles. The predicted molar refractivity (Wildman–Crippen MR) is 68.5 cm³/mol. The molecule has 104 valence electrons. The maximum Gasteiger partial charge on any atom is 0.334 e. The van der Waals surface area contributed by atoms with Gasteiger partial charge in [0.1, 0.15) is 11.3 Å². The summed E-state index contributed by atoms with van der Waals surface area (Å²) in [6.45, 7) is 0.634. The van der Waals surface area contributed by atoms with E-state index in [0.29, 0.717) is 17.9 Å². The second-order valence-electron chi connectivity index (χ2n) is 4.54. The molecule has 1 atom stereocenters. The standard InChI is InChI=1S/C13H13N3O4/c17-12(16-5-6-20-10(8-16)13(18)19)9-7-15-4-2-1-3-11(15)14-9/h1-4,7,10H,5-6,8H2,(H,18,19). The maximum atomic E-state index is 12.3. The number of hydrogen-bond donors (Lipinski definition) is 1. The van der Waals surface area contributed by atoms with Crippen LogP contribution >= 0.6 is 0 Å². The molecule has 7 heteroatoms. The van der Waals surface area contributed by atoms with Crippen molar-refractivity contribution in [3.63, 3.8) is 0 Å². The molecule has 0 aliphatic carbocycles. The van der Waals surface area contributed by atoms with Crippen molar-refractivity contribution in [2.45, 2.75) is 6.10 Å². The molecule has 2 aromatic heterocycles. The highest BCUT2D eigenvalue weighted by Gasteiger charge is 2.30. The van der Waals surface area contributed by atoms with Gasteiger partial charge in [0.05, 0.1) is 13.2 Å². The van der Waals surface area contributed by atoms with Crippen molar-refractivity contribution < 1.29 is 19.4 Å². The van der Waals surface area contributed by atoms with Crippen LogP contribution in [-0.4, -0.2) is 57.1 Å². The molecule has 1 aliphatic heterocycles. The van der Waals surface area contributed by atoms with Crippen molar-refractivity contribution in [3.8, 4) is 0 Å². The van der Waals surface area contributed by atoms with Gasteiger partial charge in [0.25, 0.3) is 5.91 Å². The third kappa shape index (κ3) is 2.23. The lowest BCUT2D eigenvalue weighted by Gasteiger charge is -2.30. The van der Waals surface area contributed by atoms with E-state index in [1.807, 2.05) is 12.1 Å². The Bertz CT molecular complexity index is 633. The molecule has 0 aromatic carbocycles. The van der Waals surface area contributed by atoms with Crippen LogP contribution in [0.15, 0.2) is 30.6 Å². The molecule has 7 nitrogen and oxygen atoms in total. The normalized spacial score (nSPS) is 19.2. The molecule has 0 radical (unpaired) electrons. The third-order valence-electron chi connectivity index (χ3n) is 3.21. The lowest BCUT2D eigenvalue weighted by molar-refractivity contribution is -0.154. The van der Waals surface area contributed by atoms with Crippen LogP contribution in [0.25, 0.3) is 5.65 Å². The van der Waals surface area contributed by atoms with Gasteiger partial charge in [0.15, 0.2) is 6.10 Å². The van der Waals surface area contributed by atoms with Crippen LogP contribution in [-0.2, 0) is 9.53 Å². The summed E-state index contributed by atoms with van der Waals surface area (Å²) in [5, 5.41) is 8.94. The number of rotatable bonds is 2. The van der Waals surface area contributed by atoms with Crippen LogP contribution in [0.5, 0.6) is 0 Å². The summed E-state index contributed by atoms with van der Waals surface area (Å²) in [5.74, 6) is -1.33. The molecule has 3 heterocycles. The van der Waals surface area contributed by atoms with E-state index in [2.05, 4.69) is 4.98 Å². The second-order valence-corrected chi connectivity index (χ2v) is 4.54. The lowest BCUT2D eigenvalue weighted by atomic mass is 10.2. The average Bonchev–Trinajstić information content (AvgIpc) is 2.90. The molecule has 2 aromatic rings. The van der Waals surface area contributed by atoms with Gasteiger partial charge in [-0.3, -0.25) is 4.79 Å². The quantitative estimate of drug-likeness (QED) is 0.850. The Labute approximate surface area is 114 Å². The molecule has 1 N–H and O–H groups in total. The number of carboxylic acids is 1. The number of imidazole rings is 1. The largest absolute Gasteiger partial charge is 0.479 e. The molecule has 1 aliphatic rings. The number of aromatic nitrogens is 2. The first-order valence-electron chi connectivity index (χ1n) is 6.22. The Kier molecular flexibility index (Phi) is 3.11. The molecule has 1 amide bonds. The van der Waals surface area contributed by atoms with Gasteiger partial charge in [-0.1, -0.05) is 6.07 Å². The van der Waals surface area contributed by atoms with Gasteiger partial charge in [-0.15, -0.1) is 0 Å². The maximum absolute atomic E-state index is 12.3. The summed E-state index contributed by atoms with van der Waals surface area (Å²) < 4.78 is 6.85. The van der Waals surface area contributed by atoms with E-state index in [1.165, 1.54) is 4.90 Å². The molecule has 1 saturated heterocycles. The number of nitrogens with zero attached hydrogens (tertiary/aromatic N) is 3. The van der Waals surface area contributed by atoms with Crippen molar-refractivity contribution in [2.24, 2.45) is 0 Å². The zero-order valence-corrected chi connectivity index (χ0v) is 10.6. The smallest absolute Gasteiger partial charge is 0.334 e. The first kappa shape index (κ1) is 12.6. The fraction of sp³-hybridized carbons (Fsp3) is 0.308. The fourth-order valence-electron chi connectivity index (χ4n) is 2.18. The monoisotopic (exact) mass is 275 g/mol. The molecule has 0 spiro atoms. The zero-order valence-electron chi connectivity index (χ0n) is 10.6. The van der Waals surface area contributed by atoms with E-state index in [-0.39, 0.29) is 19.1 Å². The van der Waals surface area contributed by atoms with Gasteiger partial charge < -0.3 is 19.1 Å². The van der Waals surface area contributed by atoms with Crippen LogP contribution < -0.4 is 0 Å². The van der Waals surface area contributed by atoms with Crippen molar-refractivity contribution in [2.75, 3.05) is 19.7 Å². The minimum atomic E-state index is -1.06. The highest BCUT2D eigenvalue weighted by Crippen LogP contribution is 2.11. The first-order valence-corrected chi connectivity index (χ1v) is 6.22. The number of carbonyl (C=O) groups is 2. The Morgan fingerprint density at radius 1 is 1.40 bits per heavy atom. The summed E-state index contributed by atoms with van der Waals surface area (Å²) in [6.07, 6.45) is 2.48. The number of aliphatic carboxylic acids is 1. The summed E-state index contributed by atoms with van der Waals surface area (Å²) >= 11 is 0. The second kappa shape index (κ2) is 4.93. The molecule has 1 fully saturated rings. The number of ether oxygens (including phenoxy) is 1. The number of morpholine rings is 1. The highest BCUT2D eigenvalue weighted by atomic mass is 16.5. The Hall–Kier alpha value is -2.41. The molecule has 20 heavy (non-hydrogen) atoms. The van der Waals surface area contributed by atoms with Gasteiger partial charge >= 0.3 is 5.97 Å². The molecule has 1 unspecified atom stereocenters. The van der Waals surface area contributed by atoms with Crippen LogP contribution in [0.3, 0.4) is 0 Å². The van der Waals surface area contributed by atoms with Gasteiger partial charge in [-0.05, 0) is 12.1 Å². The van der Waals surface area contributed by atoms with Crippen molar-refractivity contribution in [1.82, 2.24) is 14.3 Å². The van der Waals surface area contributed by atoms with E-state index >= 15 is 0 Å². The SMILES string of the molecule is O=C(O)C1CN(C(=O)c2cn3ccccc3n2)CCO1. The minimum absolute atomic E-state index is 0.0437. The van der Waals surface area contributed by atoms with Crippen LogP contribution in [0.4, 0.5) is 0 Å². The summed E-state index contributed by atoms with van der Waals surface area (Å²) in [5.41, 5.74) is 0.987. The summed E-state index contributed by atoms with van der Waals surface area (Å²) in [4.78, 5) is 29.0. The molecule has 0 bridgehead atoms. The Morgan fingerprint density at radius 2 is 2.25 bits per heavy atom. The minimum Gasteiger partial charge on any atom is -0.479 e. The number of pyridine rings is 1. The molecular formula is C13H13N3O4. The lowest BCUT2D eigenvalue weighted by Crippen LogP contribution is -2.48. The highest BCUT2D eigenvalue weighted by molar-refractivity contribution is 5.93. The Morgan fingerprint density at radius 3 is 3.00 bits per heavy atom. The first-order chi connectivity index (χ1) is 9.65. The zero-order chi connectivity index (χ0) is 14.1. The number of amides is 1. The summed E-state index contributed by atoms with van der Waals surface area (Å²) in [6, 6.07) is 5.49. The molecular weight excluding hydrogens is 262 g/mol. The van der Waals surface area contributed by atoms with Crippen molar-refractivity contribution >= 4 is 17.5 Å². The average molecular weight is 275 g/mol. The van der Waals surface area contributed by atoms with E-state index < -0.39 is 12.1 Å². The van der Waals surface area contributed by atoms with Crippen LogP contribution in [0, 0.1) is 0 Å².